The molecule has 3 rings (SSSR count). The van der Waals surface area contributed by atoms with Crippen molar-refractivity contribution in [3.63, 3.8) is 0 Å². The summed E-state index contributed by atoms with van der Waals surface area (Å²) < 4.78 is 7.09. The molecule has 0 atom stereocenters. The number of ether oxygens (including phenoxy) is 1. The monoisotopic (exact) mass is 214 g/mol. The molecule has 0 aliphatic heterocycles. The van der Waals surface area contributed by atoms with Crippen molar-refractivity contribution < 1.29 is 4.74 Å². The van der Waals surface area contributed by atoms with Gasteiger partial charge < -0.3 is 9.72 Å². The van der Waals surface area contributed by atoms with Gasteiger partial charge in [-0.3, -0.25) is 0 Å². The smallest absolute Gasteiger partial charge is 0.242 e. The van der Waals surface area contributed by atoms with E-state index in [0.717, 1.165) is 17.2 Å². The first-order valence-electron chi connectivity index (χ1n) is 4.97. The molecule has 0 saturated carbocycles. The van der Waals surface area contributed by atoms with Gasteiger partial charge in [-0.1, -0.05) is 18.2 Å². The molecule has 5 nitrogen and oxygen atoms in total. The molecule has 80 valence electrons. The Morgan fingerprint density at radius 3 is 2.75 bits per heavy atom. The third kappa shape index (κ3) is 1.52. The molecular formula is C11H10N4O. The zero-order valence-electron chi connectivity index (χ0n) is 8.71. The molecule has 0 saturated heterocycles. The number of aromatic amines is 1. The number of aromatic nitrogens is 4. The van der Waals surface area contributed by atoms with Crippen molar-refractivity contribution in [3.8, 4) is 11.6 Å². The van der Waals surface area contributed by atoms with E-state index in [2.05, 4.69) is 15.2 Å². The number of nitrogens with zero attached hydrogens (tertiary/aromatic N) is 3. The van der Waals surface area contributed by atoms with Crippen LogP contribution in [0.2, 0.25) is 0 Å². The first-order chi connectivity index (χ1) is 7.81. The lowest BCUT2D eigenvalue weighted by Gasteiger charge is -1.99. The predicted octanol–water partition coefficient (Wildman–Crippen LogP) is 2.16. The van der Waals surface area contributed by atoms with Crippen LogP contribution in [0.4, 0.5) is 0 Å². The summed E-state index contributed by atoms with van der Waals surface area (Å²) in [5.74, 6) is 2.12. The van der Waals surface area contributed by atoms with Gasteiger partial charge in [0.05, 0.1) is 0 Å². The summed E-state index contributed by atoms with van der Waals surface area (Å²) in [6.07, 6.45) is 0. The van der Waals surface area contributed by atoms with Gasteiger partial charge in [-0.15, -0.1) is 14.8 Å². The van der Waals surface area contributed by atoms with Gasteiger partial charge >= 0.3 is 0 Å². The van der Waals surface area contributed by atoms with Gasteiger partial charge in [-0.2, -0.15) is 0 Å². The van der Waals surface area contributed by atoms with Gasteiger partial charge in [-0.05, 0) is 19.1 Å². The minimum atomic E-state index is 0.532. The minimum Gasteiger partial charge on any atom is -0.437 e. The van der Waals surface area contributed by atoms with Crippen molar-refractivity contribution in [2.45, 2.75) is 6.92 Å². The third-order valence-electron chi connectivity index (χ3n) is 2.19. The Labute approximate surface area is 91.7 Å². The molecule has 0 amide bonds. The van der Waals surface area contributed by atoms with Gasteiger partial charge in [0.25, 0.3) is 0 Å². The molecule has 0 unspecified atom stereocenters. The van der Waals surface area contributed by atoms with Gasteiger partial charge in [0.1, 0.15) is 11.6 Å². The lowest BCUT2D eigenvalue weighted by Crippen LogP contribution is -1.89. The highest BCUT2D eigenvalue weighted by atomic mass is 16.5. The maximum absolute atomic E-state index is 5.57. The molecule has 16 heavy (non-hydrogen) atoms. The number of para-hydroxylation sites is 1. The van der Waals surface area contributed by atoms with Crippen LogP contribution < -0.4 is 4.74 Å². The van der Waals surface area contributed by atoms with Gasteiger partial charge in [0, 0.05) is 6.07 Å². The molecular weight excluding hydrogens is 204 g/mol. The van der Waals surface area contributed by atoms with Crippen LogP contribution in [0.15, 0.2) is 36.4 Å². The average Bonchev–Trinajstić information content (AvgIpc) is 2.76. The highest BCUT2D eigenvalue weighted by molar-refractivity contribution is 5.42. The number of rotatable bonds is 2. The topological polar surface area (TPSA) is 55.2 Å². The summed E-state index contributed by atoms with van der Waals surface area (Å²) >= 11 is 0. The predicted molar refractivity (Wildman–Crippen MR) is 58.6 cm³/mol. The quantitative estimate of drug-likeness (QED) is 0.711. The van der Waals surface area contributed by atoms with E-state index in [1.165, 1.54) is 4.63 Å². The van der Waals surface area contributed by atoms with Crippen molar-refractivity contribution in [2.75, 3.05) is 0 Å². The molecule has 0 bridgehead atoms. The van der Waals surface area contributed by atoms with Crippen molar-refractivity contribution in [1.82, 2.24) is 19.8 Å². The second kappa shape index (κ2) is 3.37. The fourth-order valence-corrected chi connectivity index (χ4v) is 1.52. The second-order valence-electron chi connectivity index (χ2n) is 3.48. The van der Waals surface area contributed by atoms with Gasteiger partial charge in [-0.25, -0.2) is 0 Å². The Morgan fingerprint density at radius 2 is 2.00 bits per heavy atom. The maximum Gasteiger partial charge on any atom is 0.242 e. The standard InChI is InChI=1S/C11H10N4O/c1-8-12-10-7-11(14-15(10)13-8)16-9-5-3-2-4-6-9/h2-7H,1H3,(H,12,13). The molecule has 0 radical (unpaired) electrons. The van der Waals surface area contributed by atoms with Crippen LogP contribution in [0.1, 0.15) is 5.82 Å². The first kappa shape index (κ1) is 8.96. The fourth-order valence-electron chi connectivity index (χ4n) is 1.52. The van der Waals surface area contributed by atoms with Crippen molar-refractivity contribution in [1.29, 1.82) is 0 Å². The van der Waals surface area contributed by atoms with Gasteiger partial charge in [0.15, 0.2) is 5.65 Å². The normalized spacial score (nSPS) is 10.8. The van der Waals surface area contributed by atoms with E-state index in [-0.39, 0.29) is 0 Å². The molecule has 5 heteroatoms. The largest absolute Gasteiger partial charge is 0.437 e. The summed E-state index contributed by atoms with van der Waals surface area (Å²) in [5.41, 5.74) is 0.823. The number of aryl methyl sites for hydroxylation is 1. The van der Waals surface area contributed by atoms with Crippen LogP contribution in [-0.2, 0) is 0 Å². The lowest BCUT2D eigenvalue weighted by molar-refractivity contribution is 0.455. The van der Waals surface area contributed by atoms with Crippen LogP contribution in [0.25, 0.3) is 5.65 Å². The molecule has 3 aromatic rings. The Hall–Kier alpha value is -2.30. The Kier molecular flexibility index (Phi) is 1.89. The van der Waals surface area contributed by atoms with Gasteiger partial charge in [0.2, 0.25) is 5.88 Å². The molecule has 1 N–H and O–H groups in total. The van der Waals surface area contributed by atoms with E-state index < -0.39 is 0 Å². The number of hydrogen-bond acceptors (Lipinski definition) is 3. The van der Waals surface area contributed by atoms with Crippen LogP contribution in [0.3, 0.4) is 0 Å². The van der Waals surface area contributed by atoms with E-state index >= 15 is 0 Å². The molecule has 0 aliphatic carbocycles. The molecule has 2 aromatic heterocycles. The Bertz CT molecular complexity index is 580. The first-order valence-corrected chi connectivity index (χ1v) is 4.97. The number of fused-ring (bicyclic) bond motifs is 1. The van der Waals surface area contributed by atoms with E-state index in [1.54, 1.807) is 0 Å². The minimum absolute atomic E-state index is 0.532. The zero-order chi connectivity index (χ0) is 11.0. The number of benzene rings is 1. The van der Waals surface area contributed by atoms with E-state index in [1.807, 2.05) is 43.3 Å². The van der Waals surface area contributed by atoms with Crippen LogP contribution in [0, 0.1) is 6.92 Å². The summed E-state index contributed by atoms with van der Waals surface area (Å²) in [7, 11) is 0. The van der Waals surface area contributed by atoms with Crippen molar-refractivity contribution in [3.05, 3.63) is 42.2 Å². The molecule has 2 heterocycles. The van der Waals surface area contributed by atoms with E-state index in [9.17, 15) is 0 Å². The lowest BCUT2D eigenvalue weighted by atomic mass is 10.3. The number of H-pyrrole nitrogens is 1. The summed E-state index contributed by atoms with van der Waals surface area (Å²) in [6.45, 7) is 1.88. The Morgan fingerprint density at radius 1 is 1.19 bits per heavy atom. The molecule has 0 fully saturated rings. The highest BCUT2D eigenvalue weighted by Gasteiger charge is 2.06. The summed E-state index contributed by atoms with van der Waals surface area (Å²) in [6, 6.07) is 11.3. The molecule has 0 aliphatic rings. The Balaban J connectivity index is 1.92. The van der Waals surface area contributed by atoms with Crippen LogP contribution in [0.5, 0.6) is 11.6 Å². The third-order valence-corrected chi connectivity index (χ3v) is 2.19. The average molecular weight is 214 g/mol. The number of hydrogen-bond donors (Lipinski definition) is 1. The summed E-state index contributed by atoms with van der Waals surface area (Å²) in [4.78, 5) is 3.07. The second-order valence-corrected chi connectivity index (χ2v) is 3.48. The zero-order valence-corrected chi connectivity index (χ0v) is 8.71. The van der Waals surface area contributed by atoms with E-state index in [0.29, 0.717) is 5.88 Å². The molecule has 0 spiro atoms. The van der Waals surface area contributed by atoms with Crippen molar-refractivity contribution in [2.24, 2.45) is 0 Å². The van der Waals surface area contributed by atoms with E-state index in [4.69, 9.17) is 4.74 Å². The summed E-state index contributed by atoms with van der Waals surface area (Å²) in [5, 5.41) is 8.33. The van der Waals surface area contributed by atoms with Crippen LogP contribution in [-0.4, -0.2) is 19.8 Å². The molecule has 1 aromatic carbocycles. The van der Waals surface area contributed by atoms with Crippen molar-refractivity contribution >= 4 is 5.65 Å². The highest BCUT2D eigenvalue weighted by Crippen LogP contribution is 2.19. The fraction of sp³-hybridized carbons (Fsp3) is 0.0909. The van der Waals surface area contributed by atoms with Crippen LogP contribution >= 0.6 is 0 Å². The number of nitrogens with one attached hydrogen (secondary N) is 1. The maximum atomic E-state index is 5.57. The SMILES string of the molecule is Cc1nn2nc(Oc3ccccc3)cc2[nH]1.